The second-order valence-electron chi connectivity index (χ2n) is 8.41. The van der Waals surface area contributed by atoms with Gasteiger partial charge in [0.15, 0.2) is 0 Å². The Balaban J connectivity index is 2.80. The van der Waals surface area contributed by atoms with Crippen LogP contribution in [0.25, 0.3) is 0 Å². The number of nitrogens with one attached hydrogen (secondary N) is 1. The van der Waals surface area contributed by atoms with E-state index >= 15 is 0 Å². The number of carbonyl (C=O) groups is 1. The first-order valence-electron chi connectivity index (χ1n) is 10.2. The Labute approximate surface area is 190 Å². The highest BCUT2D eigenvalue weighted by molar-refractivity contribution is 6.76. The Morgan fingerprint density at radius 1 is 0.966 bits per heavy atom. The molecule has 1 aromatic rings. The van der Waals surface area contributed by atoms with Crippen molar-refractivity contribution in [2.45, 2.75) is 88.6 Å². The van der Waals surface area contributed by atoms with E-state index < -0.39 is 9.70 Å². The third-order valence-electron chi connectivity index (χ3n) is 4.94. The average molecular weight is 467 g/mol. The van der Waals surface area contributed by atoms with Crippen LogP contribution in [0.15, 0.2) is 18.2 Å². The van der Waals surface area contributed by atoms with Crippen molar-refractivity contribution in [3.05, 3.63) is 23.8 Å². The van der Waals surface area contributed by atoms with Crippen LogP contribution < -0.4 is 14.8 Å². The Morgan fingerprint density at radius 3 is 2.10 bits per heavy atom. The van der Waals surface area contributed by atoms with Crippen LogP contribution >= 0.6 is 34.8 Å². The van der Waals surface area contributed by atoms with Gasteiger partial charge in [-0.15, -0.1) is 0 Å². The van der Waals surface area contributed by atoms with E-state index in [0.717, 1.165) is 49.2 Å². The molecule has 0 saturated heterocycles. The predicted octanol–water partition coefficient (Wildman–Crippen LogP) is 6.63. The molecule has 0 unspecified atom stereocenters. The van der Waals surface area contributed by atoms with Crippen LogP contribution in [0.5, 0.6) is 11.5 Å². The summed E-state index contributed by atoms with van der Waals surface area (Å²) in [6, 6.07) is 6.03. The minimum atomic E-state index is -1.92. The van der Waals surface area contributed by atoms with Crippen LogP contribution in [-0.4, -0.2) is 27.4 Å². The third kappa shape index (κ3) is 9.67. The number of aryl methyl sites for hydroxylation is 1. The van der Waals surface area contributed by atoms with Crippen molar-refractivity contribution in [2.75, 3.05) is 6.54 Å². The molecule has 0 saturated carbocycles. The van der Waals surface area contributed by atoms with Gasteiger partial charge < -0.3 is 14.8 Å². The molecule has 0 aromatic heterocycles. The van der Waals surface area contributed by atoms with Gasteiger partial charge in [-0.3, -0.25) is 4.79 Å². The Bertz CT molecular complexity index is 670. The van der Waals surface area contributed by atoms with E-state index in [9.17, 15) is 4.79 Å². The Kier molecular flexibility index (Phi) is 9.91. The van der Waals surface area contributed by atoms with Gasteiger partial charge in [0.2, 0.25) is 0 Å². The van der Waals surface area contributed by atoms with E-state index in [0.29, 0.717) is 6.54 Å². The molecule has 1 N–H and O–H groups in total. The second kappa shape index (κ2) is 11.0. The molecule has 0 atom stereocenters. The van der Waals surface area contributed by atoms with Gasteiger partial charge in [-0.05, 0) is 71.4 Å². The summed E-state index contributed by atoms with van der Waals surface area (Å²) in [5, 5.41) is 2.63. The van der Waals surface area contributed by atoms with Gasteiger partial charge in [-0.25, -0.2) is 0 Å². The highest BCUT2D eigenvalue weighted by Gasteiger charge is 2.29. The standard InChI is InChI=1S/C22H34Cl3NO3/c1-7-20(3,4)28-17-13-12-16(18(15-17)29-21(5,6)8-2)11-9-10-14-26-19(27)22(23,24)25/h12-13,15H,7-11,14H2,1-6H3,(H,26,27). The maximum absolute atomic E-state index is 11.6. The molecule has 0 fully saturated rings. The zero-order valence-electron chi connectivity index (χ0n) is 18.3. The number of ether oxygens (including phenoxy) is 2. The molecular formula is C22H34Cl3NO3. The van der Waals surface area contributed by atoms with Crippen molar-refractivity contribution in [3.63, 3.8) is 0 Å². The number of carbonyl (C=O) groups excluding carboxylic acids is 1. The van der Waals surface area contributed by atoms with Crippen LogP contribution in [0.4, 0.5) is 0 Å². The van der Waals surface area contributed by atoms with Gasteiger partial charge in [0, 0.05) is 12.6 Å². The number of halogens is 3. The molecule has 0 bridgehead atoms. The fourth-order valence-corrected chi connectivity index (χ4v) is 2.60. The fourth-order valence-electron chi connectivity index (χ4n) is 2.40. The second-order valence-corrected chi connectivity index (χ2v) is 10.7. The SMILES string of the molecule is CCC(C)(C)Oc1ccc(CCCCNC(=O)C(Cl)(Cl)Cl)c(OC(C)(C)CC)c1. The van der Waals surface area contributed by atoms with E-state index in [1.54, 1.807) is 0 Å². The summed E-state index contributed by atoms with van der Waals surface area (Å²) in [4.78, 5) is 11.6. The lowest BCUT2D eigenvalue weighted by molar-refractivity contribution is -0.120. The molecule has 1 aromatic carbocycles. The molecule has 29 heavy (non-hydrogen) atoms. The molecule has 0 aliphatic carbocycles. The van der Waals surface area contributed by atoms with Crippen LogP contribution in [0.3, 0.4) is 0 Å². The molecule has 4 nitrogen and oxygen atoms in total. The molecule has 0 aliphatic rings. The Hall–Kier alpha value is -0.840. The number of rotatable bonds is 11. The van der Waals surface area contributed by atoms with Crippen molar-refractivity contribution in [1.29, 1.82) is 0 Å². The summed E-state index contributed by atoms with van der Waals surface area (Å²) < 4.78 is 10.5. The minimum absolute atomic E-state index is 0.236. The molecule has 1 rings (SSSR count). The topological polar surface area (TPSA) is 47.6 Å². The van der Waals surface area contributed by atoms with Gasteiger partial charge in [0.1, 0.15) is 22.7 Å². The molecule has 0 heterocycles. The van der Waals surface area contributed by atoms with Gasteiger partial charge in [0.25, 0.3) is 9.70 Å². The average Bonchev–Trinajstić information content (AvgIpc) is 2.61. The lowest BCUT2D eigenvalue weighted by Crippen LogP contribution is -2.35. The maximum atomic E-state index is 11.6. The van der Waals surface area contributed by atoms with Gasteiger partial charge in [0.05, 0.1) is 0 Å². The van der Waals surface area contributed by atoms with E-state index in [1.165, 1.54) is 0 Å². The van der Waals surface area contributed by atoms with Gasteiger partial charge in [-0.2, -0.15) is 0 Å². The summed E-state index contributed by atoms with van der Waals surface area (Å²) in [5.41, 5.74) is 0.604. The van der Waals surface area contributed by atoms with E-state index in [4.69, 9.17) is 44.3 Å². The van der Waals surface area contributed by atoms with Gasteiger partial charge >= 0.3 is 0 Å². The lowest BCUT2D eigenvalue weighted by atomic mass is 10.0. The first-order chi connectivity index (χ1) is 13.3. The number of alkyl halides is 3. The number of unbranched alkanes of at least 4 members (excludes halogenated alkanes) is 1. The van der Waals surface area contributed by atoms with Crippen molar-refractivity contribution in [3.8, 4) is 11.5 Å². The number of hydrogen-bond donors (Lipinski definition) is 1. The van der Waals surface area contributed by atoms with E-state index in [1.807, 2.05) is 12.1 Å². The summed E-state index contributed by atoms with van der Waals surface area (Å²) >= 11 is 16.6. The summed E-state index contributed by atoms with van der Waals surface area (Å²) in [6.07, 6.45) is 4.25. The molecule has 1 amide bonds. The molecule has 0 aliphatic heterocycles. The summed E-state index contributed by atoms with van der Waals surface area (Å²) in [6.45, 7) is 13.0. The van der Waals surface area contributed by atoms with E-state index in [2.05, 4.69) is 52.9 Å². The van der Waals surface area contributed by atoms with Crippen molar-refractivity contribution in [1.82, 2.24) is 5.32 Å². The van der Waals surface area contributed by atoms with Crippen molar-refractivity contribution in [2.24, 2.45) is 0 Å². The van der Waals surface area contributed by atoms with Crippen LogP contribution in [0.1, 0.15) is 72.8 Å². The summed E-state index contributed by atoms with van der Waals surface area (Å²) in [7, 11) is 0. The Morgan fingerprint density at radius 2 is 1.55 bits per heavy atom. The molecule has 0 spiro atoms. The smallest absolute Gasteiger partial charge is 0.272 e. The highest BCUT2D eigenvalue weighted by atomic mass is 35.6. The van der Waals surface area contributed by atoms with Crippen molar-refractivity contribution < 1.29 is 14.3 Å². The molecule has 7 heteroatoms. The maximum Gasteiger partial charge on any atom is 0.272 e. The quantitative estimate of drug-likeness (QED) is 0.294. The zero-order valence-corrected chi connectivity index (χ0v) is 20.6. The number of benzene rings is 1. The number of hydrogen-bond acceptors (Lipinski definition) is 3. The van der Waals surface area contributed by atoms with Crippen LogP contribution in [0.2, 0.25) is 0 Å². The molecule has 0 radical (unpaired) electrons. The first kappa shape index (κ1) is 26.2. The normalized spacial score (nSPS) is 12.6. The van der Waals surface area contributed by atoms with Gasteiger partial charge in [-0.1, -0.05) is 54.7 Å². The first-order valence-corrected chi connectivity index (χ1v) is 11.3. The monoisotopic (exact) mass is 465 g/mol. The zero-order chi connectivity index (χ0) is 22.3. The number of amides is 1. The molecule has 166 valence electrons. The predicted molar refractivity (Wildman–Crippen MR) is 123 cm³/mol. The van der Waals surface area contributed by atoms with E-state index in [-0.39, 0.29) is 11.2 Å². The molecular weight excluding hydrogens is 433 g/mol. The summed E-state index contributed by atoms with van der Waals surface area (Å²) in [5.74, 6) is 1.04. The minimum Gasteiger partial charge on any atom is -0.488 e. The lowest BCUT2D eigenvalue weighted by Gasteiger charge is -2.29. The highest BCUT2D eigenvalue weighted by Crippen LogP contribution is 2.32. The largest absolute Gasteiger partial charge is 0.488 e. The third-order valence-corrected chi connectivity index (χ3v) is 5.45. The van der Waals surface area contributed by atoms with Crippen LogP contribution in [-0.2, 0) is 11.2 Å². The van der Waals surface area contributed by atoms with Crippen molar-refractivity contribution >= 4 is 40.7 Å². The fraction of sp³-hybridized carbons (Fsp3) is 0.682. The van der Waals surface area contributed by atoms with Crippen LogP contribution in [0, 0.1) is 0 Å².